The van der Waals surface area contributed by atoms with E-state index in [0.717, 1.165) is 15.8 Å². The second-order valence-corrected chi connectivity index (χ2v) is 9.55. The molecule has 32 heavy (non-hydrogen) atoms. The minimum Gasteiger partial charge on any atom is -0.460 e. The van der Waals surface area contributed by atoms with Crippen molar-refractivity contribution in [2.24, 2.45) is 5.41 Å². The standard InChI is InChI=1S/C26H25NO4S/c1-5-30-24(28)20-14-13-19(31-20)17-10-8-11-18(23(17)27-25(29)26(2,3)4)22-15-16-9-6-7-12-21(16)32-22/h6-15H,5H2,1-4H3,(H,27,29). The maximum absolute atomic E-state index is 13.0. The predicted octanol–water partition coefficient (Wildman–Crippen LogP) is 6.99. The summed E-state index contributed by atoms with van der Waals surface area (Å²) in [6.45, 7) is 7.63. The van der Waals surface area contributed by atoms with Crippen molar-refractivity contribution in [1.82, 2.24) is 0 Å². The predicted molar refractivity (Wildman–Crippen MR) is 129 cm³/mol. The normalized spacial score (nSPS) is 11.5. The molecule has 164 valence electrons. The number of hydrogen-bond acceptors (Lipinski definition) is 5. The molecule has 6 heteroatoms. The maximum atomic E-state index is 13.0. The average Bonchev–Trinajstić information content (AvgIpc) is 3.40. The van der Waals surface area contributed by atoms with E-state index in [2.05, 4.69) is 23.5 Å². The Morgan fingerprint density at radius 3 is 2.47 bits per heavy atom. The number of fused-ring (bicyclic) bond motifs is 1. The summed E-state index contributed by atoms with van der Waals surface area (Å²) in [4.78, 5) is 26.1. The quantitative estimate of drug-likeness (QED) is 0.335. The topological polar surface area (TPSA) is 68.5 Å². The van der Waals surface area contributed by atoms with Gasteiger partial charge in [0, 0.05) is 26.1 Å². The molecule has 1 N–H and O–H groups in total. The zero-order valence-electron chi connectivity index (χ0n) is 18.5. The Kier molecular flexibility index (Phi) is 5.89. The van der Waals surface area contributed by atoms with Crippen LogP contribution in [0.2, 0.25) is 0 Å². The number of carbonyl (C=O) groups is 2. The first-order chi connectivity index (χ1) is 15.3. The Labute approximate surface area is 191 Å². The van der Waals surface area contributed by atoms with E-state index in [9.17, 15) is 9.59 Å². The minimum atomic E-state index is -0.580. The van der Waals surface area contributed by atoms with Crippen molar-refractivity contribution < 1.29 is 18.7 Å². The number of para-hydroxylation sites is 1. The lowest BCUT2D eigenvalue weighted by Gasteiger charge is -2.21. The third kappa shape index (κ3) is 4.32. The lowest BCUT2D eigenvalue weighted by atomic mass is 9.94. The zero-order valence-corrected chi connectivity index (χ0v) is 19.3. The van der Waals surface area contributed by atoms with Crippen LogP contribution in [-0.2, 0) is 9.53 Å². The third-order valence-electron chi connectivity index (χ3n) is 5.02. The Morgan fingerprint density at radius 1 is 1.00 bits per heavy atom. The monoisotopic (exact) mass is 447 g/mol. The van der Waals surface area contributed by atoms with Gasteiger partial charge >= 0.3 is 5.97 Å². The minimum absolute atomic E-state index is 0.107. The number of thiophene rings is 1. The van der Waals surface area contributed by atoms with Gasteiger partial charge in [-0.1, -0.05) is 51.1 Å². The van der Waals surface area contributed by atoms with Gasteiger partial charge in [0.15, 0.2) is 0 Å². The number of amides is 1. The van der Waals surface area contributed by atoms with E-state index in [1.807, 2.05) is 51.1 Å². The first kappa shape index (κ1) is 21.8. The highest BCUT2D eigenvalue weighted by Crippen LogP contribution is 2.42. The van der Waals surface area contributed by atoms with Gasteiger partial charge in [0.2, 0.25) is 11.7 Å². The van der Waals surface area contributed by atoms with Crippen LogP contribution < -0.4 is 5.32 Å². The highest BCUT2D eigenvalue weighted by atomic mass is 32.1. The van der Waals surface area contributed by atoms with Crippen LogP contribution >= 0.6 is 11.3 Å². The number of rotatable bonds is 5. The van der Waals surface area contributed by atoms with Crippen molar-refractivity contribution in [3.63, 3.8) is 0 Å². The fourth-order valence-corrected chi connectivity index (χ4v) is 4.40. The molecule has 0 aliphatic heterocycles. The van der Waals surface area contributed by atoms with E-state index in [1.165, 1.54) is 4.70 Å². The van der Waals surface area contributed by atoms with Crippen molar-refractivity contribution >= 4 is 39.0 Å². The Balaban J connectivity index is 1.85. The summed E-state index contributed by atoms with van der Waals surface area (Å²) in [7, 11) is 0. The summed E-state index contributed by atoms with van der Waals surface area (Å²) in [5.74, 6) is -0.00777. The molecule has 0 radical (unpaired) electrons. The summed E-state index contributed by atoms with van der Waals surface area (Å²) < 4.78 is 12.0. The fourth-order valence-electron chi connectivity index (χ4n) is 3.31. The third-order valence-corrected chi connectivity index (χ3v) is 6.17. The Hall–Kier alpha value is -3.38. The van der Waals surface area contributed by atoms with Crippen LogP contribution in [-0.4, -0.2) is 18.5 Å². The van der Waals surface area contributed by atoms with Gasteiger partial charge in [-0.15, -0.1) is 11.3 Å². The van der Waals surface area contributed by atoms with Crippen LogP contribution in [0, 0.1) is 5.41 Å². The van der Waals surface area contributed by atoms with E-state index >= 15 is 0 Å². The van der Waals surface area contributed by atoms with E-state index in [1.54, 1.807) is 30.4 Å². The molecule has 0 unspecified atom stereocenters. The second kappa shape index (κ2) is 8.63. The molecule has 0 fully saturated rings. The number of furan rings is 1. The molecule has 5 nitrogen and oxygen atoms in total. The van der Waals surface area contributed by atoms with Crippen LogP contribution in [0.4, 0.5) is 5.69 Å². The summed E-state index contributed by atoms with van der Waals surface area (Å²) >= 11 is 1.66. The van der Waals surface area contributed by atoms with Gasteiger partial charge in [-0.2, -0.15) is 0 Å². The molecule has 0 atom stereocenters. The molecular formula is C26H25NO4S. The molecule has 4 aromatic rings. The van der Waals surface area contributed by atoms with E-state index in [-0.39, 0.29) is 18.3 Å². The fraction of sp³-hybridized carbons (Fsp3) is 0.231. The molecule has 0 saturated heterocycles. The molecule has 1 amide bonds. The molecule has 2 aromatic carbocycles. The number of esters is 1. The first-order valence-electron chi connectivity index (χ1n) is 10.5. The molecule has 4 rings (SSSR count). The summed E-state index contributed by atoms with van der Waals surface area (Å²) in [6.07, 6.45) is 0. The van der Waals surface area contributed by atoms with Crippen LogP contribution in [0.15, 0.2) is 65.1 Å². The van der Waals surface area contributed by atoms with Crippen molar-refractivity contribution in [3.05, 3.63) is 66.4 Å². The van der Waals surface area contributed by atoms with Gasteiger partial charge in [0.25, 0.3) is 0 Å². The highest BCUT2D eigenvalue weighted by molar-refractivity contribution is 7.22. The number of hydrogen-bond donors (Lipinski definition) is 1. The van der Waals surface area contributed by atoms with E-state index in [4.69, 9.17) is 9.15 Å². The van der Waals surface area contributed by atoms with Gasteiger partial charge in [-0.05, 0) is 42.6 Å². The maximum Gasteiger partial charge on any atom is 0.374 e. The second-order valence-electron chi connectivity index (χ2n) is 8.47. The number of benzene rings is 2. The van der Waals surface area contributed by atoms with Crippen molar-refractivity contribution in [1.29, 1.82) is 0 Å². The van der Waals surface area contributed by atoms with E-state index < -0.39 is 11.4 Å². The highest BCUT2D eigenvalue weighted by Gasteiger charge is 2.25. The molecule has 0 saturated carbocycles. The van der Waals surface area contributed by atoms with Crippen LogP contribution in [0.3, 0.4) is 0 Å². The lowest BCUT2D eigenvalue weighted by molar-refractivity contribution is -0.123. The molecule has 0 aliphatic carbocycles. The number of carbonyl (C=O) groups excluding carboxylic acids is 2. The molecule has 0 aliphatic rings. The van der Waals surface area contributed by atoms with Crippen LogP contribution in [0.25, 0.3) is 31.9 Å². The first-order valence-corrected chi connectivity index (χ1v) is 11.3. The van der Waals surface area contributed by atoms with Gasteiger partial charge < -0.3 is 14.5 Å². The van der Waals surface area contributed by atoms with Crippen LogP contribution in [0.5, 0.6) is 0 Å². The molecule has 0 bridgehead atoms. The van der Waals surface area contributed by atoms with Gasteiger partial charge in [-0.3, -0.25) is 4.79 Å². The smallest absolute Gasteiger partial charge is 0.374 e. The number of anilines is 1. The SMILES string of the molecule is CCOC(=O)c1ccc(-c2cccc(-c3cc4ccccc4s3)c2NC(=O)C(C)(C)C)o1. The van der Waals surface area contributed by atoms with Crippen molar-refractivity contribution in [2.45, 2.75) is 27.7 Å². The van der Waals surface area contributed by atoms with Gasteiger partial charge in [0.1, 0.15) is 5.76 Å². The van der Waals surface area contributed by atoms with Crippen LogP contribution in [0.1, 0.15) is 38.2 Å². The van der Waals surface area contributed by atoms with Crippen molar-refractivity contribution in [3.8, 4) is 21.8 Å². The summed E-state index contributed by atoms with van der Waals surface area (Å²) in [5.41, 5.74) is 1.68. The van der Waals surface area contributed by atoms with Crippen molar-refractivity contribution in [2.75, 3.05) is 11.9 Å². The molecule has 2 heterocycles. The van der Waals surface area contributed by atoms with Gasteiger partial charge in [0.05, 0.1) is 12.3 Å². The Bertz CT molecular complexity index is 1260. The average molecular weight is 448 g/mol. The zero-order chi connectivity index (χ0) is 22.9. The number of nitrogens with one attached hydrogen (secondary N) is 1. The Morgan fingerprint density at radius 2 is 1.75 bits per heavy atom. The number of ether oxygens (including phenoxy) is 1. The van der Waals surface area contributed by atoms with Gasteiger partial charge in [-0.25, -0.2) is 4.79 Å². The summed E-state index contributed by atoms with van der Waals surface area (Å²) in [6, 6.07) is 19.4. The van der Waals surface area contributed by atoms with E-state index in [0.29, 0.717) is 17.0 Å². The summed E-state index contributed by atoms with van der Waals surface area (Å²) in [5, 5.41) is 4.26. The largest absolute Gasteiger partial charge is 0.460 e. The molecular weight excluding hydrogens is 422 g/mol. The lowest BCUT2D eigenvalue weighted by Crippen LogP contribution is -2.28. The molecule has 2 aromatic heterocycles. The molecule has 0 spiro atoms.